The first-order chi connectivity index (χ1) is 12.7. The Morgan fingerprint density at radius 1 is 1.08 bits per heavy atom. The molecule has 2 aliphatic heterocycles. The first kappa shape index (κ1) is 17.2. The van der Waals surface area contributed by atoms with Crippen LogP contribution in [0.2, 0.25) is 0 Å². The molecule has 3 heterocycles. The van der Waals surface area contributed by atoms with E-state index in [2.05, 4.69) is 32.4 Å². The number of thiophene rings is 1. The van der Waals surface area contributed by atoms with E-state index in [1.165, 1.54) is 5.56 Å². The largest absolute Gasteiger partial charge is 0.323 e. The molecule has 2 fully saturated rings. The van der Waals surface area contributed by atoms with Gasteiger partial charge in [0.1, 0.15) is 5.54 Å². The number of urea groups is 1. The van der Waals surface area contributed by atoms with Crippen LogP contribution in [0.1, 0.15) is 24.0 Å². The van der Waals surface area contributed by atoms with E-state index < -0.39 is 5.54 Å². The third kappa shape index (κ3) is 3.39. The number of hydrogen-bond acceptors (Lipinski definition) is 4. The number of carbonyl (C=O) groups is 2. The van der Waals surface area contributed by atoms with Crippen LogP contribution >= 0.6 is 11.3 Å². The molecule has 6 heteroatoms. The summed E-state index contributed by atoms with van der Waals surface area (Å²) in [5.41, 5.74) is 1.59. The molecule has 4 rings (SSSR count). The smallest absolute Gasteiger partial charge is 0.322 e. The van der Waals surface area contributed by atoms with E-state index in [4.69, 9.17) is 0 Å². The Balaban J connectivity index is 1.49. The van der Waals surface area contributed by atoms with Gasteiger partial charge in [-0.3, -0.25) is 15.0 Å². The Morgan fingerprint density at radius 3 is 2.46 bits per heavy atom. The highest BCUT2D eigenvalue weighted by Gasteiger charge is 2.52. The minimum absolute atomic E-state index is 0.146. The van der Waals surface area contributed by atoms with E-state index in [-0.39, 0.29) is 17.9 Å². The number of carbonyl (C=O) groups excluding carboxylic acids is 2. The average molecular weight is 369 g/mol. The lowest BCUT2D eigenvalue weighted by Gasteiger charge is -2.40. The van der Waals surface area contributed by atoms with Gasteiger partial charge in [0, 0.05) is 13.0 Å². The Kier molecular flexibility index (Phi) is 4.78. The first-order valence-electron chi connectivity index (χ1n) is 9.07. The van der Waals surface area contributed by atoms with E-state index in [0.29, 0.717) is 6.42 Å². The summed E-state index contributed by atoms with van der Waals surface area (Å²) in [6.07, 6.45) is 2.36. The average Bonchev–Trinajstić information content (AvgIpc) is 3.25. The van der Waals surface area contributed by atoms with Gasteiger partial charge in [0.15, 0.2) is 0 Å². The zero-order valence-electron chi connectivity index (χ0n) is 14.6. The maximum absolute atomic E-state index is 12.7. The monoisotopic (exact) mass is 369 g/mol. The summed E-state index contributed by atoms with van der Waals surface area (Å²) in [5.74, 6) is -0.0319. The van der Waals surface area contributed by atoms with E-state index in [1.54, 1.807) is 11.3 Å². The number of likely N-dealkylation sites (tertiary alicyclic amines) is 1. The van der Waals surface area contributed by atoms with Crippen molar-refractivity contribution < 1.29 is 9.59 Å². The normalized spacial score (nSPS) is 24.5. The van der Waals surface area contributed by atoms with Gasteiger partial charge >= 0.3 is 6.03 Å². The van der Waals surface area contributed by atoms with Crippen molar-refractivity contribution in [2.45, 2.75) is 31.3 Å². The molecule has 5 nitrogen and oxygen atoms in total. The molecule has 1 aromatic carbocycles. The number of rotatable bonds is 5. The summed E-state index contributed by atoms with van der Waals surface area (Å²) >= 11 is 1.72. The molecule has 0 saturated carbocycles. The quantitative estimate of drug-likeness (QED) is 0.797. The SMILES string of the molecule is O=C1NC(=O)C(Cc2ccccc2)(C2CCN(Cc3ccsc3)CC2)N1. The molecule has 1 aromatic heterocycles. The van der Waals surface area contributed by atoms with Crippen LogP contribution in [-0.2, 0) is 17.8 Å². The van der Waals surface area contributed by atoms with E-state index in [9.17, 15) is 9.59 Å². The number of piperidine rings is 1. The van der Waals surface area contributed by atoms with Gasteiger partial charge in [-0.1, -0.05) is 30.3 Å². The summed E-state index contributed by atoms with van der Waals surface area (Å²) in [7, 11) is 0. The third-order valence-electron chi connectivity index (χ3n) is 5.57. The van der Waals surface area contributed by atoms with Gasteiger partial charge < -0.3 is 5.32 Å². The molecular weight excluding hydrogens is 346 g/mol. The van der Waals surface area contributed by atoms with Crippen LogP contribution in [0.5, 0.6) is 0 Å². The van der Waals surface area contributed by atoms with Gasteiger partial charge in [0.25, 0.3) is 5.91 Å². The summed E-state index contributed by atoms with van der Waals surface area (Å²) in [5, 5.41) is 9.75. The number of nitrogens with one attached hydrogen (secondary N) is 2. The van der Waals surface area contributed by atoms with Crippen molar-refractivity contribution in [1.82, 2.24) is 15.5 Å². The minimum Gasteiger partial charge on any atom is -0.323 e. The summed E-state index contributed by atoms with van der Waals surface area (Å²) in [6, 6.07) is 11.7. The molecule has 0 aliphatic carbocycles. The van der Waals surface area contributed by atoms with Crippen molar-refractivity contribution in [2.24, 2.45) is 5.92 Å². The Morgan fingerprint density at radius 2 is 1.85 bits per heavy atom. The first-order valence-corrected chi connectivity index (χ1v) is 10.0. The highest BCUT2D eigenvalue weighted by Crippen LogP contribution is 2.34. The molecule has 2 N–H and O–H groups in total. The lowest BCUT2D eigenvalue weighted by Crippen LogP contribution is -2.57. The number of nitrogens with zero attached hydrogens (tertiary/aromatic N) is 1. The molecule has 3 amide bonds. The topological polar surface area (TPSA) is 61.4 Å². The van der Waals surface area contributed by atoms with Gasteiger partial charge in [-0.05, 0) is 59.8 Å². The lowest BCUT2D eigenvalue weighted by molar-refractivity contribution is -0.126. The molecule has 1 atom stereocenters. The highest BCUT2D eigenvalue weighted by molar-refractivity contribution is 7.07. The molecule has 26 heavy (non-hydrogen) atoms. The Labute approximate surface area is 157 Å². The standard InChI is InChI=1S/C20H23N3O2S/c24-18-20(22-19(25)21-18,12-15-4-2-1-3-5-15)17-6-9-23(10-7-17)13-16-8-11-26-14-16/h1-5,8,11,14,17H,6-7,9-10,12-13H2,(H2,21,22,24,25). The second-order valence-electron chi connectivity index (χ2n) is 7.22. The molecule has 2 aliphatic rings. The fourth-order valence-corrected chi connectivity index (χ4v) is 4.86. The Bertz CT molecular complexity index is 770. The van der Waals surface area contributed by atoms with Crippen LogP contribution in [0, 0.1) is 5.92 Å². The second kappa shape index (κ2) is 7.21. The molecule has 0 radical (unpaired) electrons. The molecule has 0 spiro atoms. The van der Waals surface area contributed by atoms with Crippen molar-refractivity contribution in [3.05, 3.63) is 58.3 Å². The molecule has 2 saturated heterocycles. The fraction of sp³-hybridized carbons (Fsp3) is 0.400. The molecule has 0 bridgehead atoms. The Hall–Kier alpha value is -2.18. The van der Waals surface area contributed by atoms with Gasteiger partial charge in [-0.2, -0.15) is 11.3 Å². The second-order valence-corrected chi connectivity index (χ2v) is 8.00. The minimum atomic E-state index is -0.826. The molecular formula is C20H23N3O2S. The van der Waals surface area contributed by atoms with Crippen LogP contribution in [0.15, 0.2) is 47.2 Å². The van der Waals surface area contributed by atoms with Crippen LogP contribution in [0.25, 0.3) is 0 Å². The predicted octanol–water partition coefficient (Wildman–Crippen LogP) is 2.78. The van der Waals surface area contributed by atoms with Gasteiger partial charge in [-0.25, -0.2) is 4.79 Å². The van der Waals surface area contributed by atoms with Crippen molar-refractivity contribution in [3.8, 4) is 0 Å². The third-order valence-corrected chi connectivity index (χ3v) is 6.30. The van der Waals surface area contributed by atoms with Crippen LogP contribution in [-0.4, -0.2) is 35.5 Å². The summed E-state index contributed by atoms with van der Waals surface area (Å²) < 4.78 is 0. The van der Waals surface area contributed by atoms with E-state index in [1.807, 2.05) is 30.3 Å². The lowest BCUT2D eigenvalue weighted by atomic mass is 9.74. The zero-order chi connectivity index (χ0) is 18.0. The summed E-state index contributed by atoms with van der Waals surface area (Å²) in [4.78, 5) is 27.1. The van der Waals surface area contributed by atoms with Crippen molar-refractivity contribution in [2.75, 3.05) is 13.1 Å². The number of hydrogen-bond donors (Lipinski definition) is 2. The summed E-state index contributed by atoms with van der Waals surface area (Å²) in [6.45, 7) is 2.85. The zero-order valence-corrected chi connectivity index (χ0v) is 15.4. The van der Waals surface area contributed by atoms with E-state index in [0.717, 1.165) is 38.0 Å². The van der Waals surface area contributed by atoms with Crippen molar-refractivity contribution in [1.29, 1.82) is 0 Å². The van der Waals surface area contributed by atoms with Crippen LogP contribution in [0.3, 0.4) is 0 Å². The fourth-order valence-electron chi connectivity index (χ4n) is 4.20. The number of amides is 3. The van der Waals surface area contributed by atoms with Crippen molar-refractivity contribution in [3.63, 3.8) is 0 Å². The number of imide groups is 1. The van der Waals surface area contributed by atoms with Crippen molar-refractivity contribution >= 4 is 23.3 Å². The van der Waals surface area contributed by atoms with Gasteiger partial charge in [0.05, 0.1) is 0 Å². The molecule has 1 unspecified atom stereocenters. The molecule has 2 aromatic rings. The highest BCUT2D eigenvalue weighted by atomic mass is 32.1. The number of benzene rings is 1. The predicted molar refractivity (Wildman–Crippen MR) is 102 cm³/mol. The molecule has 136 valence electrons. The van der Waals surface area contributed by atoms with Gasteiger partial charge in [-0.15, -0.1) is 0 Å². The maximum Gasteiger partial charge on any atom is 0.322 e. The van der Waals surface area contributed by atoms with Crippen LogP contribution in [0.4, 0.5) is 4.79 Å². The van der Waals surface area contributed by atoms with Gasteiger partial charge in [0.2, 0.25) is 0 Å². The maximum atomic E-state index is 12.7. The van der Waals surface area contributed by atoms with E-state index >= 15 is 0 Å². The van der Waals surface area contributed by atoms with Crippen LogP contribution < -0.4 is 10.6 Å².